The maximum absolute atomic E-state index is 5.72. The largest absolute Gasteiger partial charge is 0.352 e. The quantitative estimate of drug-likeness (QED) is 0.755. The summed E-state index contributed by atoms with van der Waals surface area (Å²) in [5.74, 6) is 0. The van der Waals surface area contributed by atoms with E-state index in [1.165, 1.54) is 5.69 Å². The van der Waals surface area contributed by atoms with Crippen molar-refractivity contribution in [1.82, 2.24) is 24.7 Å². The molecule has 3 heterocycles. The van der Waals surface area contributed by atoms with E-state index < -0.39 is 0 Å². The van der Waals surface area contributed by atoms with Gasteiger partial charge in [0.05, 0.1) is 17.8 Å². The van der Waals surface area contributed by atoms with Crippen molar-refractivity contribution in [2.24, 2.45) is 0 Å². The van der Waals surface area contributed by atoms with Crippen LogP contribution >= 0.6 is 12.2 Å². The lowest BCUT2D eigenvalue weighted by atomic mass is 10.0. The van der Waals surface area contributed by atoms with Gasteiger partial charge in [0.25, 0.3) is 0 Å². The molecule has 0 saturated carbocycles. The summed E-state index contributed by atoms with van der Waals surface area (Å²) < 4.78 is 2.34. The first-order valence-corrected chi connectivity index (χ1v) is 9.69. The van der Waals surface area contributed by atoms with E-state index in [9.17, 15) is 0 Å². The Bertz CT molecular complexity index is 725. The molecule has 1 aliphatic heterocycles. The highest BCUT2D eigenvalue weighted by Crippen LogP contribution is 2.39. The number of rotatable bonds is 7. The number of nitrogens with zero attached hydrogens (tertiary/aromatic N) is 4. The van der Waals surface area contributed by atoms with Gasteiger partial charge in [0.1, 0.15) is 0 Å². The zero-order chi connectivity index (χ0) is 18.7. The molecule has 6 heteroatoms. The molecule has 0 aromatic carbocycles. The van der Waals surface area contributed by atoms with E-state index in [4.69, 9.17) is 12.2 Å². The van der Waals surface area contributed by atoms with Crippen LogP contribution in [0.1, 0.15) is 49.8 Å². The lowest BCUT2D eigenvalue weighted by Crippen LogP contribution is -2.33. The van der Waals surface area contributed by atoms with E-state index in [1.807, 2.05) is 18.3 Å². The molecule has 0 aliphatic carbocycles. The summed E-state index contributed by atoms with van der Waals surface area (Å²) in [5.41, 5.74) is 2.32. The van der Waals surface area contributed by atoms with Crippen LogP contribution < -0.4 is 5.32 Å². The van der Waals surface area contributed by atoms with Crippen LogP contribution in [0.2, 0.25) is 0 Å². The highest BCUT2D eigenvalue weighted by Gasteiger charge is 2.40. The maximum atomic E-state index is 5.72. The van der Waals surface area contributed by atoms with Gasteiger partial charge in [0.15, 0.2) is 5.11 Å². The molecule has 2 aromatic heterocycles. The van der Waals surface area contributed by atoms with Crippen molar-refractivity contribution >= 4 is 17.3 Å². The van der Waals surface area contributed by atoms with Gasteiger partial charge in [-0.25, -0.2) is 0 Å². The lowest BCUT2D eigenvalue weighted by Gasteiger charge is -2.30. The Morgan fingerprint density at radius 1 is 1.23 bits per heavy atom. The van der Waals surface area contributed by atoms with E-state index >= 15 is 0 Å². The SMILES string of the molecule is CC(C)n1cccc1[C@H]1[C@@H](c2ccccn2)NC(=S)N1CCCN(C)C. The summed E-state index contributed by atoms with van der Waals surface area (Å²) in [6, 6.07) is 11.0. The van der Waals surface area contributed by atoms with Crippen LogP contribution in [0.5, 0.6) is 0 Å². The van der Waals surface area contributed by atoms with E-state index in [1.54, 1.807) is 0 Å². The van der Waals surface area contributed by atoms with Crippen LogP contribution in [0.4, 0.5) is 0 Å². The Kier molecular flexibility index (Phi) is 5.94. The molecular weight excluding hydrogens is 342 g/mol. The molecule has 0 amide bonds. The minimum Gasteiger partial charge on any atom is -0.352 e. The molecule has 1 saturated heterocycles. The normalized spacial score (nSPS) is 20.2. The lowest BCUT2D eigenvalue weighted by molar-refractivity contribution is 0.280. The van der Waals surface area contributed by atoms with E-state index in [-0.39, 0.29) is 12.1 Å². The number of nitrogens with one attached hydrogen (secondary N) is 1. The van der Waals surface area contributed by atoms with Crippen LogP contribution in [0.3, 0.4) is 0 Å². The van der Waals surface area contributed by atoms with Gasteiger partial charge in [-0.3, -0.25) is 4.98 Å². The first-order valence-electron chi connectivity index (χ1n) is 9.28. The second kappa shape index (κ2) is 8.18. The zero-order valence-corrected chi connectivity index (χ0v) is 16.9. The van der Waals surface area contributed by atoms with Crippen molar-refractivity contribution in [1.29, 1.82) is 0 Å². The second-order valence-corrected chi connectivity index (χ2v) is 7.80. The van der Waals surface area contributed by atoms with Gasteiger partial charge < -0.3 is 19.7 Å². The monoisotopic (exact) mass is 371 g/mol. The first kappa shape index (κ1) is 18.9. The maximum Gasteiger partial charge on any atom is 0.170 e. The minimum atomic E-state index is 0.0652. The number of aromatic nitrogens is 2. The van der Waals surface area contributed by atoms with E-state index in [0.717, 1.165) is 30.3 Å². The Labute approximate surface area is 162 Å². The summed E-state index contributed by atoms with van der Waals surface area (Å²) >= 11 is 5.72. The van der Waals surface area contributed by atoms with Crippen LogP contribution in [-0.4, -0.2) is 51.6 Å². The van der Waals surface area contributed by atoms with Gasteiger partial charge >= 0.3 is 0 Å². The Morgan fingerprint density at radius 3 is 2.69 bits per heavy atom. The van der Waals surface area contributed by atoms with Gasteiger partial charge in [-0.1, -0.05) is 6.07 Å². The third kappa shape index (κ3) is 3.91. The summed E-state index contributed by atoms with van der Waals surface area (Å²) in [7, 11) is 4.22. The van der Waals surface area contributed by atoms with E-state index in [0.29, 0.717) is 6.04 Å². The fraction of sp³-hybridized carbons (Fsp3) is 0.500. The average Bonchev–Trinajstić information content (AvgIpc) is 3.20. The Balaban J connectivity index is 1.95. The number of pyridine rings is 1. The molecular formula is C20H29N5S. The molecule has 0 bridgehead atoms. The Hall–Kier alpha value is -1.92. The molecule has 5 nitrogen and oxygen atoms in total. The topological polar surface area (TPSA) is 36.3 Å². The Morgan fingerprint density at radius 2 is 2.04 bits per heavy atom. The first-order chi connectivity index (χ1) is 12.5. The number of hydrogen-bond donors (Lipinski definition) is 1. The van der Waals surface area contributed by atoms with Crippen molar-refractivity contribution in [2.75, 3.05) is 27.2 Å². The minimum absolute atomic E-state index is 0.0652. The van der Waals surface area contributed by atoms with Crippen molar-refractivity contribution in [3.8, 4) is 0 Å². The van der Waals surface area contributed by atoms with Crippen molar-refractivity contribution in [2.45, 2.75) is 38.4 Å². The van der Waals surface area contributed by atoms with Gasteiger partial charge in [-0.15, -0.1) is 0 Å². The van der Waals surface area contributed by atoms with Crippen molar-refractivity contribution in [3.05, 3.63) is 54.1 Å². The van der Waals surface area contributed by atoms with Crippen LogP contribution in [0.25, 0.3) is 0 Å². The van der Waals surface area contributed by atoms with Gasteiger partial charge in [0, 0.05) is 30.7 Å². The smallest absolute Gasteiger partial charge is 0.170 e. The zero-order valence-electron chi connectivity index (χ0n) is 16.1. The molecule has 1 aliphatic rings. The van der Waals surface area contributed by atoms with Gasteiger partial charge in [-0.05, 0) is 77.4 Å². The second-order valence-electron chi connectivity index (χ2n) is 7.41. The molecule has 2 atom stereocenters. The number of thiocarbonyl (C=S) groups is 1. The molecule has 140 valence electrons. The number of hydrogen-bond acceptors (Lipinski definition) is 3. The van der Waals surface area contributed by atoms with Crippen LogP contribution in [-0.2, 0) is 0 Å². The third-order valence-electron chi connectivity index (χ3n) is 4.87. The van der Waals surface area contributed by atoms with E-state index in [2.05, 4.69) is 77.0 Å². The summed E-state index contributed by atoms with van der Waals surface area (Å²) in [6.07, 6.45) is 5.09. The standard InChI is InChI=1S/C20H29N5S/c1-15(2)24-13-7-10-17(24)19-18(16-9-5-6-11-21-16)22-20(26)25(19)14-8-12-23(3)4/h5-7,9-11,13,15,18-19H,8,12,14H2,1-4H3,(H,22,26)/t18-,19+/m1/s1. The molecule has 3 rings (SSSR count). The molecule has 0 unspecified atom stereocenters. The van der Waals surface area contributed by atoms with Crippen LogP contribution in [0.15, 0.2) is 42.7 Å². The highest BCUT2D eigenvalue weighted by molar-refractivity contribution is 7.80. The molecule has 2 aromatic rings. The summed E-state index contributed by atoms with van der Waals surface area (Å²) in [6.45, 7) is 6.42. The molecule has 1 N–H and O–H groups in total. The van der Waals surface area contributed by atoms with Crippen molar-refractivity contribution < 1.29 is 0 Å². The third-order valence-corrected chi connectivity index (χ3v) is 5.23. The average molecular weight is 372 g/mol. The highest BCUT2D eigenvalue weighted by atomic mass is 32.1. The molecule has 0 radical (unpaired) electrons. The summed E-state index contributed by atoms with van der Waals surface area (Å²) in [5, 5.41) is 4.35. The molecule has 1 fully saturated rings. The van der Waals surface area contributed by atoms with Gasteiger partial charge in [-0.2, -0.15) is 0 Å². The van der Waals surface area contributed by atoms with Gasteiger partial charge in [0.2, 0.25) is 0 Å². The van der Waals surface area contributed by atoms with Crippen molar-refractivity contribution in [3.63, 3.8) is 0 Å². The predicted octanol–water partition coefficient (Wildman–Crippen LogP) is 3.39. The summed E-state index contributed by atoms with van der Waals surface area (Å²) in [4.78, 5) is 9.16. The van der Waals surface area contributed by atoms with Crippen LogP contribution in [0, 0.1) is 0 Å². The fourth-order valence-electron chi connectivity index (χ4n) is 3.65. The fourth-order valence-corrected chi connectivity index (χ4v) is 3.98. The molecule has 0 spiro atoms. The molecule has 26 heavy (non-hydrogen) atoms. The predicted molar refractivity (Wildman–Crippen MR) is 110 cm³/mol.